The Morgan fingerprint density at radius 2 is 2.00 bits per heavy atom. The summed E-state index contributed by atoms with van der Waals surface area (Å²) < 4.78 is 10.2. The third kappa shape index (κ3) is 5.78. The van der Waals surface area contributed by atoms with Crippen LogP contribution in [-0.4, -0.2) is 46.2 Å². The molecule has 32 heavy (non-hydrogen) atoms. The predicted molar refractivity (Wildman–Crippen MR) is 128 cm³/mol. The maximum atomic E-state index is 11.3. The Bertz CT molecular complexity index is 922. The molecule has 8 heteroatoms. The van der Waals surface area contributed by atoms with Gasteiger partial charge >= 0.3 is 5.97 Å². The van der Waals surface area contributed by atoms with Crippen LogP contribution >= 0.6 is 11.5 Å². The van der Waals surface area contributed by atoms with Crippen LogP contribution in [0.5, 0.6) is 0 Å². The van der Waals surface area contributed by atoms with Crippen LogP contribution in [0.2, 0.25) is 0 Å². The predicted octanol–water partition coefficient (Wildman–Crippen LogP) is 5.38. The normalized spacial score (nSPS) is 18.0. The van der Waals surface area contributed by atoms with Crippen molar-refractivity contribution in [1.82, 2.24) is 9.36 Å². The fourth-order valence-corrected chi connectivity index (χ4v) is 4.99. The molecule has 1 saturated heterocycles. The SMILES string of the molecule is CC(C)CN(c1ccc([C@H](C)CC(=O)O)cc1Nc1nc(C2CC2)ns1)C1CCOCC1. The molecular formula is C24H34N4O3S. The maximum absolute atomic E-state index is 11.3. The van der Waals surface area contributed by atoms with Crippen molar-refractivity contribution in [3.8, 4) is 0 Å². The maximum Gasteiger partial charge on any atom is 0.303 e. The zero-order valence-electron chi connectivity index (χ0n) is 19.2. The Kier molecular flexibility index (Phi) is 7.30. The molecule has 1 atom stereocenters. The van der Waals surface area contributed by atoms with Crippen molar-refractivity contribution in [3.63, 3.8) is 0 Å². The van der Waals surface area contributed by atoms with E-state index in [4.69, 9.17) is 9.72 Å². The number of rotatable bonds is 10. The second kappa shape index (κ2) is 10.2. The number of carboxylic acid groups (broad SMARTS) is 1. The highest BCUT2D eigenvalue weighted by molar-refractivity contribution is 7.09. The highest BCUT2D eigenvalue weighted by Gasteiger charge is 2.29. The summed E-state index contributed by atoms with van der Waals surface area (Å²) in [4.78, 5) is 18.5. The average Bonchev–Trinajstić information content (AvgIpc) is 3.51. The lowest BCUT2D eigenvalue weighted by Crippen LogP contribution is -2.42. The lowest BCUT2D eigenvalue weighted by molar-refractivity contribution is -0.137. The van der Waals surface area contributed by atoms with Crippen LogP contribution in [0.4, 0.5) is 16.5 Å². The van der Waals surface area contributed by atoms with Crippen LogP contribution in [0, 0.1) is 5.92 Å². The van der Waals surface area contributed by atoms with Crippen molar-refractivity contribution < 1.29 is 14.6 Å². The minimum Gasteiger partial charge on any atom is -0.481 e. The summed E-state index contributed by atoms with van der Waals surface area (Å²) in [6, 6.07) is 6.76. The molecule has 174 valence electrons. The Labute approximate surface area is 194 Å². The second-order valence-corrected chi connectivity index (χ2v) is 10.3. The van der Waals surface area contributed by atoms with Crippen molar-refractivity contribution in [3.05, 3.63) is 29.6 Å². The summed E-state index contributed by atoms with van der Waals surface area (Å²) in [6.45, 7) is 8.98. The fourth-order valence-electron chi connectivity index (χ4n) is 4.33. The smallest absolute Gasteiger partial charge is 0.303 e. The zero-order chi connectivity index (χ0) is 22.7. The highest BCUT2D eigenvalue weighted by atomic mass is 32.1. The minimum atomic E-state index is -0.780. The molecular weight excluding hydrogens is 424 g/mol. The largest absolute Gasteiger partial charge is 0.481 e. The first-order valence-corrected chi connectivity index (χ1v) is 12.5. The van der Waals surface area contributed by atoms with E-state index in [0.29, 0.717) is 17.9 Å². The molecule has 7 nitrogen and oxygen atoms in total. The van der Waals surface area contributed by atoms with E-state index >= 15 is 0 Å². The number of nitrogens with zero attached hydrogens (tertiary/aromatic N) is 3. The van der Waals surface area contributed by atoms with Gasteiger partial charge in [0.2, 0.25) is 5.13 Å². The molecule has 2 N–H and O–H groups in total. The van der Waals surface area contributed by atoms with Gasteiger partial charge in [0.05, 0.1) is 17.8 Å². The molecule has 1 aliphatic heterocycles. The Morgan fingerprint density at radius 3 is 2.66 bits per heavy atom. The van der Waals surface area contributed by atoms with Crippen LogP contribution in [0.15, 0.2) is 18.2 Å². The number of aliphatic carboxylic acids is 1. The third-order valence-corrected chi connectivity index (χ3v) is 6.84. The summed E-state index contributed by atoms with van der Waals surface area (Å²) in [7, 11) is 0. The molecule has 2 aromatic rings. The van der Waals surface area contributed by atoms with Crippen LogP contribution in [-0.2, 0) is 9.53 Å². The van der Waals surface area contributed by atoms with Gasteiger partial charge in [-0.25, -0.2) is 4.98 Å². The number of nitrogens with one attached hydrogen (secondary N) is 1. The van der Waals surface area contributed by atoms with Crippen LogP contribution < -0.4 is 10.2 Å². The van der Waals surface area contributed by atoms with E-state index in [0.717, 1.165) is 60.5 Å². The van der Waals surface area contributed by atoms with Crippen molar-refractivity contribution in [2.45, 2.75) is 70.8 Å². The molecule has 0 unspecified atom stereocenters. The monoisotopic (exact) mass is 458 g/mol. The second-order valence-electron chi connectivity index (χ2n) is 9.52. The van der Waals surface area contributed by atoms with E-state index in [1.165, 1.54) is 24.4 Å². The van der Waals surface area contributed by atoms with Gasteiger partial charge in [-0.3, -0.25) is 4.79 Å². The van der Waals surface area contributed by atoms with Crippen molar-refractivity contribution >= 4 is 34.0 Å². The fraction of sp³-hybridized carbons (Fsp3) is 0.625. The molecule has 2 heterocycles. The molecule has 4 rings (SSSR count). The van der Waals surface area contributed by atoms with Gasteiger partial charge in [0.15, 0.2) is 0 Å². The highest BCUT2D eigenvalue weighted by Crippen LogP contribution is 2.41. The van der Waals surface area contributed by atoms with Gasteiger partial charge in [0.25, 0.3) is 0 Å². The molecule has 0 spiro atoms. The Morgan fingerprint density at radius 1 is 1.25 bits per heavy atom. The van der Waals surface area contributed by atoms with Crippen LogP contribution in [0.3, 0.4) is 0 Å². The molecule has 2 fully saturated rings. The van der Waals surface area contributed by atoms with Gasteiger partial charge in [-0.2, -0.15) is 4.37 Å². The van der Waals surface area contributed by atoms with Gasteiger partial charge in [0.1, 0.15) is 5.82 Å². The first-order valence-electron chi connectivity index (χ1n) is 11.7. The summed E-state index contributed by atoms with van der Waals surface area (Å²) in [6.07, 6.45) is 4.48. The quantitative estimate of drug-likeness (QED) is 0.494. The van der Waals surface area contributed by atoms with E-state index < -0.39 is 5.97 Å². The molecule has 1 aromatic heterocycles. The van der Waals surface area contributed by atoms with Gasteiger partial charge in [-0.05, 0) is 55.2 Å². The van der Waals surface area contributed by atoms with E-state index in [2.05, 4.69) is 46.6 Å². The van der Waals surface area contributed by atoms with Gasteiger partial charge in [-0.15, -0.1) is 0 Å². The lowest BCUT2D eigenvalue weighted by Gasteiger charge is -2.38. The van der Waals surface area contributed by atoms with E-state index in [1.54, 1.807) is 0 Å². The Hall–Kier alpha value is -2.19. The number of benzene rings is 1. The molecule has 1 saturated carbocycles. The summed E-state index contributed by atoms with van der Waals surface area (Å²) >= 11 is 1.40. The standard InChI is InChI=1S/C24H34N4O3S/c1-15(2)14-28(19-8-10-31-11-9-19)21-7-6-18(16(3)12-22(29)30)13-20(21)25-24-26-23(27-32-24)17-4-5-17/h6-7,13,15-17,19H,4-5,8-12,14H2,1-3H3,(H,29,30)(H,25,26,27)/t16-/m1/s1. The average molecular weight is 459 g/mol. The van der Waals surface area contributed by atoms with E-state index in [1.807, 2.05) is 6.92 Å². The number of ether oxygens (including phenoxy) is 1. The van der Waals surface area contributed by atoms with E-state index in [-0.39, 0.29) is 12.3 Å². The summed E-state index contributed by atoms with van der Waals surface area (Å²) in [5, 5.41) is 13.6. The zero-order valence-corrected chi connectivity index (χ0v) is 20.0. The molecule has 1 aliphatic carbocycles. The van der Waals surface area contributed by atoms with Gasteiger partial charge < -0.3 is 20.1 Å². The first-order chi connectivity index (χ1) is 15.4. The van der Waals surface area contributed by atoms with Crippen LogP contribution in [0.25, 0.3) is 0 Å². The number of anilines is 3. The van der Waals surface area contributed by atoms with Crippen molar-refractivity contribution in [2.75, 3.05) is 30.0 Å². The number of hydrogen-bond acceptors (Lipinski definition) is 7. The number of carboxylic acids is 1. The Balaban J connectivity index is 1.68. The van der Waals surface area contributed by atoms with Gasteiger partial charge in [-0.1, -0.05) is 26.8 Å². The molecule has 0 bridgehead atoms. The summed E-state index contributed by atoms with van der Waals surface area (Å²) in [5.41, 5.74) is 3.13. The lowest BCUT2D eigenvalue weighted by atomic mass is 9.95. The number of aromatic nitrogens is 2. The van der Waals surface area contributed by atoms with E-state index in [9.17, 15) is 9.90 Å². The molecule has 0 radical (unpaired) electrons. The number of hydrogen-bond donors (Lipinski definition) is 2. The molecule has 1 aromatic carbocycles. The topological polar surface area (TPSA) is 87.6 Å². The minimum absolute atomic E-state index is 0.0693. The molecule has 0 amide bonds. The number of carbonyl (C=O) groups is 1. The third-order valence-electron chi connectivity index (χ3n) is 6.20. The first kappa shape index (κ1) is 23.0. The van der Waals surface area contributed by atoms with Crippen molar-refractivity contribution in [2.24, 2.45) is 5.92 Å². The van der Waals surface area contributed by atoms with Crippen LogP contribution in [0.1, 0.15) is 76.1 Å². The van der Waals surface area contributed by atoms with Crippen molar-refractivity contribution in [1.29, 1.82) is 0 Å². The van der Waals surface area contributed by atoms with Gasteiger partial charge in [0, 0.05) is 43.3 Å². The summed E-state index contributed by atoms with van der Waals surface area (Å²) in [5.74, 6) is 1.12. The molecule has 2 aliphatic rings.